The van der Waals surface area contributed by atoms with Crippen LogP contribution in [0.3, 0.4) is 0 Å². The van der Waals surface area contributed by atoms with E-state index in [1.807, 2.05) is 6.92 Å². The van der Waals surface area contributed by atoms with Crippen LogP contribution < -0.4 is 21.9 Å². The first-order valence-electron chi connectivity index (χ1n) is 5.56. The van der Waals surface area contributed by atoms with E-state index in [-0.39, 0.29) is 0 Å². The lowest BCUT2D eigenvalue weighted by Gasteiger charge is -2.18. The van der Waals surface area contributed by atoms with E-state index < -0.39 is 0 Å². The van der Waals surface area contributed by atoms with Crippen LogP contribution in [0.5, 0.6) is 5.75 Å². The molecule has 2 rings (SSSR count). The van der Waals surface area contributed by atoms with Crippen molar-refractivity contribution in [2.75, 3.05) is 24.3 Å². The predicted molar refractivity (Wildman–Crippen MR) is 67.4 cm³/mol. The summed E-state index contributed by atoms with van der Waals surface area (Å²) in [6, 6.07) is 0. The molecule has 6 N–H and O–H groups in total. The number of anilines is 3. The lowest BCUT2D eigenvalue weighted by atomic mass is 9.99. The van der Waals surface area contributed by atoms with Crippen LogP contribution in [0.2, 0.25) is 0 Å². The third-order valence-electron chi connectivity index (χ3n) is 3.34. The van der Waals surface area contributed by atoms with E-state index in [1.165, 1.54) is 12.8 Å². The van der Waals surface area contributed by atoms with E-state index in [4.69, 9.17) is 21.9 Å². The molecule has 1 aliphatic carbocycles. The highest BCUT2D eigenvalue weighted by Crippen LogP contribution is 2.44. The van der Waals surface area contributed by atoms with Gasteiger partial charge in [0, 0.05) is 11.3 Å². The Kier molecular flexibility index (Phi) is 2.58. The van der Waals surface area contributed by atoms with Crippen molar-refractivity contribution in [2.24, 2.45) is 5.92 Å². The van der Waals surface area contributed by atoms with Gasteiger partial charge in [0.25, 0.3) is 0 Å². The normalized spacial score (nSPS) is 15.1. The van der Waals surface area contributed by atoms with Crippen molar-refractivity contribution in [3.8, 4) is 5.75 Å². The Labute approximate surface area is 95.7 Å². The summed E-state index contributed by atoms with van der Waals surface area (Å²) in [5, 5.41) is 0. The quantitative estimate of drug-likeness (QED) is 0.678. The second-order valence-corrected chi connectivity index (χ2v) is 4.53. The van der Waals surface area contributed by atoms with Crippen molar-refractivity contribution >= 4 is 17.1 Å². The van der Waals surface area contributed by atoms with Gasteiger partial charge in [-0.1, -0.05) is 0 Å². The first kappa shape index (κ1) is 10.9. The van der Waals surface area contributed by atoms with Crippen LogP contribution in [-0.2, 0) is 6.42 Å². The molecule has 0 spiro atoms. The van der Waals surface area contributed by atoms with E-state index in [9.17, 15) is 0 Å². The van der Waals surface area contributed by atoms with Crippen LogP contribution in [-0.4, -0.2) is 7.11 Å². The lowest BCUT2D eigenvalue weighted by molar-refractivity contribution is 0.411. The zero-order valence-corrected chi connectivity index (χ0v) is 9.84. The second-order valence-electron chi connectivity index (χ2n) is 4.53. The third-order valence-corrected chi connectivity index (χ3v) is 3.34. The number of nitrogen functional groups attached to an aromatic ring is 3. The van der Waals surface area contributed by atoms with Gasteiger partial charge in [-0.2, -0.15) is 0 Å². The molecule has 1 aromatic rings. The minimum absolute atomic E-state index is 0.518. The molecule has 4 heteroatoms. The van der Waals surface area contributed by atoms with Gasteiger partial charge in [0.2, 0.25) is 0 Å². The maximum atomic E-state index is 6.09. The molecule has 1 aromatic carbocycles. The smallest absolute Gasteiger partial charge is 0.149 e. The number of nitrogens with two attached hydrogens (primary N) is 3. The highest BCUT2D eigenvalue weighted by molar-refractivity contribution is 5.83. The number of benzene rings is 1. The average Bonchev–Trinajstić information content (AvgIpc) is 3.07. The minimum Gasteiger partial charge on any atom is -0.494 e. The molecule has 4 nitrogen and oxygen atoms in total. The van der Waals surface area contributed by atoms with Crippen LogP contribution in [0.1, 0.15) is 24.0 Å². The van der Waals surface area contributed by atoms with E-state index in [2.05, 4.69) is 0 Å². The van der Waals surface area contributed by atoms with Gasteiger partial charge in [-0.3, -0.25) is 0 Å². The zero-order valence-electron chi connectivity index (χ0n) is 9.84. The van der Waals surface area contributed by atoms with Crippen molar-refractivity contribution in [3.63, 3.8) is 0 Å². The summed E-state index contributed by atoms with van der Waals surface area (Å²) in [6.45, 7) is 1.90. The molecule has 0 amide bonds. The van der Waals surface area contributed by atoms with Gasteiger partial charge >= 0.3 is 0 Å². The Morgan fingerprint density at radius 2 is 1.75 bits per heavy atom. The van der Waals surface area contributed by atoms with Crippen LogP contribution in [0, 0.1) is 12.8 Å². The Balaban J connectivity index is 2.54. The highest BCUT2D eigenvalue weighted by Gasteiger charge is 2.26. The van der Waals surface area contributed by atoms with E-state index >= 15 is 0 Å². The first-order chi connectivity index (χ1) is 7.56. The topological polar surface area (TPSA) is 87.3 Å². The average molecular weight is 221 g/mol. The molecule has 0 aliphatic heterocycles. The Morgan fingerprint density at radius 3 is 2.25 bits per heavy atom. The van der Waals surface area contributed by atoms with Crippen LogP contribution in [0.4, 0.5) is 17.1 Å². The van der Waals surface area contributed by atoms with Gasteiger partial charge in [0.1, 0.15) is 5.75 Å². The SMILES string of the molecule is COc1c(N)c(N)c(C)c(N)c1CC1CC1. The van der Waals surface area contributed by atoms with E-state index in [0.717, 1.165) is 29.2 Å². The Morgan fingerprint density at radius 1 is 1.12 bits per heavy atom. The van der Waals surface area contributed by atoms with Crippen molar-refractivity contribution < 1.29 is 4.74 Å². The van der Waals surface area contributed by atoms with Gasteiger partial charge in [0.05, 0.1) is 18.5 Å². The Bertz CT molecular complexity index is 425. The number of hydrogen-bond acceptors (Lipinski definition) is 4. The molecule has 1 fully saturated rings. The highest BCUT2D eigenvalue weighted by atomic mass is 16.5. The minimum atomic E-state index is 0.518. The van der Waals surface area contributed by atoms with Crippen molar-refractivity contribution in [1.29, 1.82) is 0 Å². The number of methoxy groups -OCH3 is 1. The summed E-state index contributed by atoms with van der Waals surface area (Å²) in [4.78, 5) is 0. The molecule has 0 unspecified atom stereocenters. The summed E-state index contributed by atoms with van der Waals surface area (Å²) in [5.74, 6) is 1.39. The molecule has 0 aromatic heterocycles. The summed E-state index contributed by atoms with van der Waals surface area (Å²) in [7, 11) is 1.61. The Hall–Kier alpha value is -1.58. The van der Waals surface area contributed by atoms with Gasteiger partial charge in [-0.25, -0.2) is 0 Å². The molecule has 0 atom stereocenters. The molecule has 16 heavy (non-hydrogen) atoms. The largest absolute Gasteiger partial charge is 0.494 e. The van der Waals surface area contributed by atoms with Crippen LogP contribution in [0.15, 0.2) is 0 Å². The van der Waals surface area contributed by atoms with Gasteiger partial charge in [0.15, 0.2) is 0 Å². The van der Waals surface area contributed by atoms with E-state index in [1.54, 1.807) is 7.11 Å². The molecule has 1 aliphatic rings. The molecule has 0 bridgehead atoms. The monoisotopic (exact) mass is 221 g/mol. The standard InChI is InChI=1S/C12H19N3O/c1-6-9(13)8(5-7-3-4-7)12(16-2)11(15)10(6)14/h7H,3-5,13-15H2,1-2H3. The van der Waals surface area contributed by atoms with Crippen LogP contribution in [0.25, 0.3) is 0 Å². The maximum Gasteiger partial charge on any atom is 0.149 e. The fraction of sp³-hybridized carbons (Fsp3) is 0.500. The summed E-state index contributed by atoms with van der Waals surface area (Å²) in [5.41, 5.74) is 21.6. The summed E-state index contributed by atoms with van der Waals surface area (Å²) < 4.78 is 5.34. The molecule has 1 saturated carbocycles. The molecular weight excluding hydrogens is 202 g/mol. The van der Waals surface area contributed by atoms with Crippen molar-refractivity contribution in [3.05, 3.63) is 11.1 Å². The van der Waals surface area contributed by atoms with E-state index in [0.29, 0.717) is 17.1 Å². The number of ether oxygens (including phenoxy) is 1. The molecule has 0 heterocycles. The van der Waals surface area contributed by atoms with Gasteiger partial charge < -0.3 is 21.9 Å². The number of hydrogen-bond donors (Lipinski definition) is 3. The fourth-order valence-electron chi connectivity index (χ4n) is 2.03. The van der Waals surface area contributed by atoms with Gasteiger partial charge in [-0.15, -0.1) is 0 Å². The molecule has 88 valence electrons. The maximum absolute atomic E-state index is 6.09. The first-order valence-corrected chi connectivity index (χ1v) is 5.56. The molecule has 0 saturated heterocycles. The van der Waals surface area contributed by atoms with Crippen molar-refractivity contribution in [2.45, 2.75) is 26.2 Å². The third kappa shape index (κ3) is 1.64. The predicted octanol–water partition coefficient (Wildman–Crippen LogP) is 1.70. The molecular formula is C12H19N3O. The van der Waals surface area contributed by atoms with Crippen molar-refractivity contribution in [1.82, 2.24) is 0 Å². The number of rotatable bonds is 3. The lowest BCUT2D eigenvalue weighted by Crippen LogP contribution is -2.09. The second kappa shape index (κ2) is 3.77. The zero-order chi connectivity index (χ0) is 11.9. The summed E-state index contributed by atoms with van der Waals surface area (Å²) >= 11 is 0. The molecule has 0 radical (unpaired) electrons. The summed E-state index contributed by atoms with van der Waals surface area (Å²) in [6.07, 6.45) is 3.48. The fourth-order valence-corrected chi connectivity index (χ4v) is 2.03. The van der Waals surface area contributed by atoms with Gasteiger partial charge in [-0.05, 0) is 37.7 Å². The van der Waals surface area contributed by atoms with Crippen LogP contribution >= 0.6 is 0 Å².